The molecule has 4 aliphatic carbocycles. The molecule has 114 valence electrons. The minimum Gasteiger partial charge on any atom is -0.389 e. The fourth-order valence-corrected chi connectivity index (χ4v) is 6.94. The van der Waals surface area contributed by atoms with Crippen LogP contribution in [0.3, 0.4) is 0 Å². The molecule has 0 aromatic carbocycles. The maximum atomic E-state index is 11.7. The number of nitrogens with two attached hydrogens (primary N) is 1. The highest BCUT2D eigenvalue weighted by atomic mass is 16.3. The molecule has 4 saturated carbocycles. The molecule has 0 spiro atoms. The second-order valence-corrected chi connectivity index (χ2v) is 8.39. The van der Waals surface area contributed by atoms with Crippen molar-refractivity contribution < 1.29 is 5.11 Å². The van der Waals surface area contributed by atoms with E-state index in [9.17, 15) is 5.11 Å². The lowest BCUT2D eigenvalue weighted by molar-refractivity contribution is -0.145. The molecule has 2 heteroatoms. The molecule has 0 radical (unpaired) electrons. The molecule has 0 aromatic heterocycles. The van der Waals surface area contributed by atoms with Gasteiger partial charge in [0.25, 0.3) is 0 Å². The molecule has 4 rings (SSSR count). The largest absolute Gasteiger partial charge is 0.389 e. The van der Waals surface area contributed by atoms with Crippen LogP contribution in [0.5, 0.6) is 0 Å². The number of fused-ring (bicyclic) bond motifs is 5. The van der Waals surface area contributed by atoms with E-state index < -0.39 is 5.60 Å². The van der Waals surface area contributed by atoms with Gasteiger partial charge in [0.15, 0.2) is 0 Å². The predicted molar refractivity (Wildman–Crippen MR) is 81.2 cm³/mol. The van der Waals surface area contributed by atoms with Crippen LogP contribution in [0.4, 0.5) is 0 Å². The van der Waals surface area contributed by atoms with Crippen molar-refractivity contribution in [1.82, 2.24) is 0 Å². The van der Waals surface area contributed by atoms with Gasteiger partial charge < -0.3 is 10.8 Å². The lowest BCUT2D eigenvalue weighted by Crippen LogP contribution is -2.57. The van der Waals surface area contributed by atoms with Crippen molar-refractivity contribution in [2.75, 3.05) is 6.54 Å². The van der Waals surface area contributed by atoms with E-state index in [0.29, 0.717) is 12.5 Å². The third-order valence-electron chi connectivity index (χ3n) is 7.86. The summed E-state index contributed by atoms with van der Waals surface area (Å²) in [5, 5.41) is 11.7. The molecule has 4 aliphatic rings. The minimum atomic E-state index is -0.414. The van der Waals surface area contributed by atoms with Crippen molar-refractivity contribution in [3.05, 3.63) is 0 Å². The Morgan fingerprint density at radius 3 is 2.35 bits per heavy atom. The average molecular weight is 277 g/mol. The fourth-order valence-electron chi connectivity index (χ4n) is 6.94. The summed E-state index contributed by atoms with van der Waals surface area (Å²) < 4.78 is 0. The number of rotatable bonds is 2. The zero-order valence-corrected chi connectivity index (χ0v) is 12.8. The van der Waals surface area contributed by atoms with Gasteiger partial charge in [-0.15, -0.1) is 0 Å². The van der Waals surface area contributed by atoms with Crippen molar-refractivity contribution in [3.63, 3.8) is 0 Å². The highest BCUT2D eigenvalue weighted by molar-refractivity contribution is 5.16. The Labute approximate surface area is 123 Å². The van der Waals surface area contributed by atoms with Crippen LogP contribution in [0.2, 0.25) is 0 Å². The van der Waals surface area contributed by atoms with Gasteiger partial charge in [-0.3, -0.25) is 0 Å². The molecule has 0 heterocycles. The summed E-state index contributed by atoms with van der Waals surface area (Å²) in [5.74, 6) is 3.21. The SMILES string of the molecule is NCC1(C2(O)CC3CC2C2CCCC32)CCCCCC1. The summed E-state index contributed by atoms with van der Waals surface area (Å²) in [6.07, 6.45) is 14.2. The molecule has 0 saturated heterocycles. The van der Waals surface area contributed by atoms with Crippen molar-refractivity contribution in [3.8, 4) is 0 Å². The van der Waals surface area contributed by atoms with E-state index >= 15 is 0 Å². The van der Waals surface area contributed by atoms with E-state index in [0.717, 1.165) is 24.2 Å². The molecule has 2 nitrogen and oxygen atoms in total. The molecule has 2 bridgehead atoms. The van der Waals surface area contributed by atoms with Gasteiger partial charge in [-0.1, -0.05) is 32.1 Å². The first-order valence-corrected chi connectivity index (χ1v) is 9.13. The van der Waals surface area contributed by atoms with Crippen LogP contribution in [0.1, 0.15) is 70.6 Å². The molecule has 0 aliphatic heterocycles. The quantitative estimate of drug-likeness (QED) is 0.759. The topological polar surface area (TPSA) is 46.2 Å². The zero-order valence-electron chi connectivity index (χ0n) is 12.8. The van der Waals surface area contributed by atoms with Gasteiger partial charge in [0.05, 0.1) is 5.60 Å². The first-order chi connectivity index (χ1) is 9.70. The lowest BCUT2D eigenvalue weighted by Gasteiger charge is -2.52. The van der Waals surface area contributed by atoms with E-state index in [1.165, 1.54) is 64.2 Å². The monoisotopic (exact) mass is 277 g/mol. The summed E-state index contributed by atoms with van der Waals surface area (Å²) >= 11 is 0. The van der Waals surface area contributed by atoms with Crippen molar-refractivity contribution in [2.24, 2.45) is 34.8 Å². The van der Waals surface area contributed by atoms with Crippen LogP contribution in [-0.2, 0) is 0 Å². The van der Waals surface area contributed by atoms with Gasteiger partial charge in [0.1, 0.15) is 0 Å². The zero-order chi connectivity index (χ0) is 13.8. The lowest BCUT2D eigenvalue weighted by atomic mass is 9.57. The van der Waals surface area contributed by atoms with Gasteiger partial charge in [-0.25, -0.2) is 0 Å². The highest BCUT2D eigenvalue weighted by Gasteiger charge is 2.66. The Morgan fingerprint density at radius 1 is 0.950 bits per heavy atom. The number of hydrogen-bond acceptors (Lipinski definition) is 2. The summed E-state index contributed by atoms with van der Waals surface area (Å²) in [6, 6.07) is 0. The average Bonchev–Trinajstić information content (AvgIpc) is 3.06. The Morgan fingerprint density at radius 2 is 1.65 bits per heavy atom. The fraction of sp³-hybridized carbons (Fsp3) is 1.00. The second-order valence-electron chi connectivity index (χ2n) is 8.39. The Bertz CT molecular complexity index is 374. The van der Waals surface area contributed by atoms with Crippen LogP contribution in [-0.4, -0.2) is 17.3 Å². The van der Waals surface area contributed by atoms with E-state index in [1.54, 1.807) is 0 Å². The van der Waals surface area contributed by atoms with Gasteiger partial charge in [0.2, 0.25) is 0 Å². The van der Waals surface area contributed by atoms with Crippen molar-refractivity contribution in [2.45, 2.75) is 76.2 Å². The van der Waals surface area contributed by atoms with Gasteiger partial charge >= 0.3 is 0 Å². The molecule has 0 amide bonds. The Hall–Kier alpha value is -0.0800. The standard InChI is InChI=1S/C18H31NO/c19-12-17(8-3-1-2-4-9-17)18(20)11-13-10-16(18)15-7-5-6-14(13)15/h13-16,20H,1-12,19H2. The predicted octanol–water partition coefficient (Wildman–Crippen LogP) is 3.47. The second kappa shape index (κ2) is 4.71. The molecular weight excluding hydrogens is 246 g/mol. The number of aliphatic hydroxyl groups is 1. The molecule has 5 atom stereocenters. The third kappa shape index (κ3) is 1.64. The minimum absolute atomic E-state index is 0.0521. The first kappa shape index (κ1) is 13.6. The van der Waals surface area contributed by atoms with E-state index in [2.05, 4.69) is 0 Å². The summed E-state index contributed by atoms with van der Waals surface area (Å²) in [6.45, 7) is 0.712. The van der Waals surface area contributed by atoms with Crippen molar-refractivity contribution >= 4 is 0 Å². The smallest absolute Gasteiger partial charge is 0.0749 e. The highest BCUT2D eigenvalue weighted by Crippen LogP contribution is 2.67. The van der Waals surface area contributed by atoms with Crippen LogP contribution < -0.4 is 5.73 Å². The van der Waals surface area contributed by atoms with Crippen LogP contribution in [0.15, 0.2) is 0 Å². The summed E-state index contributed by atoms with van der Waals surface area (Å²) in [5.41, 5.74) is 5.92. The third-order valence-corrected chi connectivity index (χ3v) is 7.86. The van der Waals surface area contributed by atoms with Gasteiger partial charge in [-0.2, -0.15) is 0 Å². The summed E-state index contributed by atoms with van der Waals surface area (Å²) in [7, 11) is 0. The van der Waals surface area contributed by atoms with Crippen LogP contribution in [0.25, 0.3) is 0 Å². The van der Waals surface area contributed by atoms with Crippen LogP contribution >= 0.6 is 0 Å². The van der Waals surface area contributed by atoms with E-state index in [-0.39, 0.29) is 5.41 Å². The molecule has 3 N–H and O–H groups in total. The normalized spacial score (nSPS) is 50.1. The number of hydrogen-bond donors (Lipinski definition) is 2. The van der Waals surface area contributed by atoms with E-state index in [4.69, 9.17) is 5.73 Å². The molecule has 4 fully saturated rings. The molecule has 5 unspecified atom stereocenters. The maximum Gasteiger partial charge on any atom is 0.0749 e. The Balaban J connectivity index is 1.66. The maximum absolute atomic E-state index is 11.7. The molecule has 0 aromatic rings. The first-order valence-electron chi connectivity index (χ1n) is 9.13. The van der Waals surface area contributed by atoms with Gasteiger partial charge in [-0.05, 0) is 62.2 Å². The molecule has 20 heavy (non-hydrogen) atoms. The van der Waals surface area contributed by atoms with E-state index in [1.807, 2.05) is 0 Å². The Kier molecular flexibility index (Phi) is 3.20. The summed E-state index contributed by atoms with van der Waals surface area (Å²) in [4.78, 5) is 0. The van der Waals surface area contributed by atoms with Crippen LogP contribution in [0, 0.1) is 29.1 Å². The van der Waals surface area contributed by atoms with Gasteiger partial charge in [0, 0.05) is 12.0 Å². The van der Waals surface area contributed by atoms with Crippen molar-refractivity contribution in [1.29, 1.82) is 0 Å². The molecular formula is C18H31NO.